The van der Waals surface area contributed by atoms with Crippen molar-refractivity contribution in [2.75, 3.05) is 5.75 Å². The number of primary amides is 1. The summed E-state index contributed by atoms with van der Waals surface area (Å²) in [5, 5.41) is 21.6. The number of hydrogen-bond acceptors (Lipinski definition) is 13. The van der Waals surface area contributed by atoms with E-state index in [-0.39, 0.29) is 30.8 Å². The van der Waals surface area contributed by atoms with Gasteiger partial charge in [0.05, 0.1) is 15.8 Å². The van der Waals surface area contributed by atoms with Crippen LogP contribution in [-0.2, 0) is 54.5 Å². The van der Waals surface area contributed by atoms with E-state index in [0.717, 1.165) is 20.7 Å². The fraction of sp³-hybridized carbons (Fsp3) is 0.568. The van der Waals surface area contributed by atoms with Gasteiger partial charge in [0.1, 0.15) is 42.0 Å². The summed E-state index contributed by atoms with van der Waals surface area (Å²) in [5.74, 6) is -7.74. The molecule has 0 unspecified atom stereocenters. The quantitative estimate of drug-likeness (QED) is 0.184. The van der Waals surface area contributed by atoms with Gasteiger partial charge in [-0.1, -0.05) is 6.42 Å². The molecule has 0 aromatic carbocycles. The third-order valence-electron chi connectivity index (χ3n) is 11.2. The highest BCUT2D eigenvalue weighted by Gasteiger charge is 2.32. The first-order valence-electron chi connectivity index (χ1n) is 22.0. The van der Waals surface area contributed by atoms with Crippen LogP contribution in [0, 0.1) is 11.8 Å². The van der Waals surface area contributed by atoms with Crippen LogP contribution < -0.4 is 43.0 Å². The molecular formula is C44H62N10O10S2. The Morgan fingerprint density at radius 2 is 1.24 bits per heavy atom. The number of amides is 8. The highest BCUT2D eigenvalue weighted by Crippen LogP contribution is 2.35. The van der Waals surface area contributed by atoms with Crippen molar-refractivity contribution in [2.45, 2.75) is 147 Å². The van der Waals surface area contributed by atoms with Gasteiger partial charge in [-0.3, -0.25) is 48.1 Å². The minimum absolute atomic E-state index is 0.0429. The minimum Gasteiger partial charge on any atom is -0.369 e. The number of aromatic nitrogens is 1. The van der Waals surface area contributed by atoms with Gasteiger partial charge in [-0.25, -0.2) is 0 Å². The van der Waals surface area contributed by atoms with Crippen LogP contribution in [0.2, 0.25) is 0 Å². The smallest absolute Gasteiger partial charge is 0.242 e. The zero-order valence-corrected chi connectivity index (χ0v) is 40.0. The Morgan fingerprint density at radius 3 is 1.71 bits per heavy atom. The molecule has 0 fully saturated rings. The number of carbonyl (C=O) groups is 10. The zero-order chi connectivity index (χ0) is 48.8. The monoisotopic (exact) mass is 954 g/mol. The van der Waals surface area contributed by atoms with Crippen LogP contribution in [0.25, 0.3) is 10.1 Å². The molecule has 8 amide bonds. The average molecular weight is 955 g/mol. The molecule has 4 heterocycles. The lowest BCUT2D eigenvalue weighted by Crippen LogP contribution is -2.58. The van der Waals surface area contributed by atoms with Crippen molar-refractivity contribution in [3.8, 4) is 0 Å². The lowest BCUT2D eigenvalue weighted by Gasteiger charge is -2.24. The van der Waals surface area contributed by atoms with Gasteiger partial charge in [-0.05, 0) is 84.7 Å². The summed E-state index contributed by atoms with van der Waals surface area (Å²) in [4.78, 5) is 135. The van der Waals surface area contributed by atoms with E-state index < -0.39 is 107 Å². The number of carbonyl (C=O) groups excluding carboxylic acids is 10. The number of rotatable bonds is 8. The van der Waals surface area contributed by atoms with Crippen LogP contribution in [0.15, 0.2) is 39.4 Å². The fourth-order valence-corrected chi connectivity index (χ4v) is 9.34. The number of nitrogens with zero attached hydrogens (tertiary/aromatic N) is 2. The number of thiophene rings is 1. The van der Waals surface area contributed by atoms with E-state index in [1.165, 1.54) is 71.6 Å². The van der Waals surface area contributed by atoms with Crippen molar-refractivity contribution >= 4 is 98.2 Å². The molecule has 4 rings (SSSR count). The highest BCUT2D eigenvalue weighted by atomic mass is 32.2. The second-order valence-electron chi connectivity index (χ2n) is 17.0. The molecule has 0 bridgehead atoms. The third kappa shape index (κ3) is 15.3. The molecule has 22 heteroatoms. The van der Waals surface area contributed by atoms with Crippen LogP contribution in [0.3, 0.4) is 0 Å². The molecule has 66 heavy (non-hydrogen) atoms. The number of allylic oxidation sites excluding steroid dienone is 1. The lowest BCUT2D eigenvalue weighted by atomic mass is 9.91. The molecule has 0 aliphatic carbocycles. The standard InChI is InChI=1S/C44H62N10O10S2/c1-22(55)16-30-10-8-9-14-54-20-35-32(12-15-65-35)44(54)66-21-33(34(56)18-31(36(45)57)17-29-11-13-46-19-29)53-42(63)28(7)51-40(61)26(5)49-38(59)24(3)47-37(58)23(2)48-39(60)25(4)50-41(62)27(6)52-43(30)64/h12-13,15,19-20,23-28,30-31,33H,8-11,14,16-18,21H2,1-7H3,(H2,45,57)(H,47,58)(H,48,60)(H,49,59)(H,50,62)(H,51,61)(H,52,64)(H,53,63)/t23-,24-,25-,26-,27-,28-,30+,31+,33-/m0/s1. The Hall–Kier alpha value is -5.90. The van der Waals surface area contributed by atoms with Gasteiger partial charge < -0.3 is 52.3 Å². The van der Waals surface area contributed by atoms with Gasteiger partial charge >= 0.3 is 0 Å². The van der Waals surface area contributed by atoms with Crippen LogP contribution in [0.4, 0.5) is 0 Å². The molecule has 2 aromatic rings. The molecule has 0 spiro atoms. The summed E-state index contributed by atoms with van der Waals surface area (Å²) >= 11 is 2.85. The van der Waals surface area contributed by atoms with Crippen molar-refractivity contribution in [2.24, 2.45) is 22.6 Å². The van der Waals surface area contributed by atoms with E-state index in [9.17, 15) is 47.9 Å². The first kappa shape index (κ1) is 52.7. The van der Waals surface area contributed by atoms with Crippen molar-refractivity contribution in [3.05, 3.63) is 29.4 Å². The van der Waals surface area contributed by atoms with Gasteiger partial charge in [0, 0.05) is 67.4 Å². The van der Waals surface area contributed by atoms with Crippen LogP contribution in [0.1, 0.15) is 93.4 Å². The average Bonchev–Trinajstić information content (AvgIpc) is 4.01. The molecule has 2 aliphatic rings. The number of aryl methyl sites for hydroxylation is 1. The summed E-state index contributed by atoms with van der Waals surface area (Å²) in [6.45, 7) is 10.2. The number of aliphatic imine (C=N–C) groups is 1. The maximum Gasteiger partial charge on any atom is 0.242 e. The number of thioether (sulfide) groups is 1. The second-order valence-corrected chi connectivity index (χ2v) is 18.9. The number of nitrogens with two attached hydrogens (primary N) is 1. The van der Waals surface area contributed by atoms with E-state index in [4.69, 9.17) is 5.73 Å². The summed E-state index contributed by atoms with van der Waals surface area (Å²) in [7, 11) is 0. The van der Waals surface area contributed by atoms with Crippen molar-refractivity contribution in [3.63, 3.8) is 0 Å². The maximum absolute atomic E-state index is 14.1. The normalized spacial score (nSPS) is 26.8. The second kappa shape index (κ2) is 24.6. The fourth-order valence-electron chi connectivity index (χ4n) is 7.21. The van der Waals surface area contributed by atoms with E-state index in [1.54, 1.807) is 12.4 Å². The minimum atomic E-state index is -1.19. The Balaban J connectivity index is 1.61. The van der Waals surface area contributed by atoms with Gasteiger partial charge in [0.2, 0.25) is 47.3 Å². The summed E-state index contributed by atoms with van der Waals surface area (Å²) in [5.41, 5.74) is 6.59. The first-order valence-corrected chi connectivity index (χ1v) is 23.8. The SMILES string of the molecule is CC(=O)C[C@H]1CCCCn2cc3sccc3c2SC[C@@H](C(=O)C[C@@H](CC2=CN=CC2)C(N)=O)NC(=O)[C@H](C)NC(=O)[C@H](C)NC(=O)[C@H](C)NC(=O)[C@H](C)NC(=O)[C@H](C)NC(=O)[C@H](C)NC1=O. The predicted octanol–water partition coefficient (Wildman–Crippen LogP) is 0.896. The van der Waals surface area contributed by atoms with Crippen molar-refractivity contribution in [1.82, 2.24) is 41.8 Å². The van der Waals surface area contributed by atoms with E-state index in [2.05, 4.69) is 42.2 Å². The summed E-state index contributed by atoms with van der Waals surface area (Å²) in [6, 6.07) is -6.10. The summed E-state index contributed by atoms with van der Waals surface area (Å²) in [6.07, 6.45) is 7.15. The van der Waals surface area contributed by atoms with Gasteiger partial charge in [0.25, 0.3) is 0 Å². The van der Waals surface area contributed by atoms with Gasteiger partial charge in [-0.15, -0.1) is 23.1 Å². The molecule has 2 aliphatic heterocycles. The number of nitrogens with one attached hydrogen (secondary N) is 7. The number of Topliss-reactive ketones (excluding diaryl/α,β-unsaturated/α-hetero) is 2. The van der Waals surface area contributed by atoms with Crippen molar-refractivity contribution < 1.29 is 47.9 Å². The zero-order valence-electron chi connectivity index (χ0n) is 38.3. The lowest BCUT2D eigenvalue weighted by molar-refractivity contribution is -0.135. The van der Waals surface area contributed by atoms with Crippen LogP contribution in [-0.4, -0.2) is 118 Å². The van der Waals surface area contributed by atoms with Gasteiger partial charge in [-0.2, -0.15) is 0 Å². The van der Waals surface area contributed by atoms with E-state index >= 15 is 0 Å². The Labute approximate surface area is 391 Å². The Kier molecular flexibility index (Phi) is 19.6. The molecule has 0 radical (unpaired) electrons. The number of ketones is 2. The van der Waals surface area contributed by atoms with Crippen molar-refractivity contribution in [1.29, 1.82) is 0 Å². The molecule has 360 valence electrons. The molecule has 0 saturated heterocycles. The molecule has 9 atom stereocenters. The van der Waals surface area contributed by atoms with Gasteiger partial charge in [0.15, 0.2) is 5.78 Å². The Morgan fingerprint density at radius 1 is 0.742 bits per heavy atom. The largest absolute Gasteiger partial charge is 0.369 e. The topological polar surface area (TPSA) is 298 Å². The first-order chi connectivity index (χ1) is 31.1. The van der Waals surface area contributed by atoms with E-state index in [1.807, 2.05) is 22.2 Å². The van der Waals surface area contributed by atoms with Crippen LogP contribution in [0.5, 0.6) is 0 Å². The maximum atomic E-state index is 14.1. The van der Waals surface area contributed by atoms with Crippen LogP contribution >= 0.6 is 23.1 Å². The predicted molar refractivity (Wildman–Crippen MR) is 249 cm³/mol. The van der Waals surface area contributed by atoms with E-state index in [0.29, 0.717) is 32.2 Å². The number of fused-ring (bicyclic) bond motifs is 3. The molecule has 20 nitrogen and oxygen atoms in total. The molecule has 9 N–H and O–H groups in total. The molecular weight excluding hydrogens is 893 g/mol. The third-order valence-corrected chi connectivity index (χ3v) is 13.3. The summed E-state index contributed by atoms with van der Waals surface area (Å²) < 4.78 is 3.01. The number of hydrogen-bond donors (Lipinski definition) is 8. The molecule has 2 aromatic heterocycles. The molecule has 0 saturated carbocycles. The Bertz CT molecular complexity index is 2240. The highest BCUT2D eigenvalue weighted by molar-refractivity contribution is 7.99.